The Labute approximate surface area is 361 Å². The second kappa shape index (κ2) is 14.0. The Morgan fingerprint density at radius 1 is 0.333 bits per heavy atom. The Morgan fingerprint density at radius 3 is 1.57 bits per heavy atom. The quantitative estimate of drug-likeness (QED) is 0.168. The third kappa shape index (κ3) is 5.41. The van der Waals surface area contributed by atoms with Crippen LogP contribution < -0.4 is 0 Å². The summed E-state index contributed by atoms with van der Waals surface area (Å²) in [6, 6.07) is 74.2. The Balaban J connectivity index is 1.11. The summed E-state index contributed by atoms with van der Waals surface area (Å²) in [5.74, 6) is 1.74. The fourth-order valence-corrected chi connectivity index (χ4v) is 9.67. The molecule has 0 bridgehead atoms. The lowest BCUT2D eigenvalue weighted by Gasteiger charge is -2.16. The van der Waals surface area contributed by atoms with Crippen molar-refractivity contribution in [2.45, 2.75) is 0 Å². The molecule has 0 spiro atoms. The van der Waals surface area contributed by atoms with Crippen LogP contribution in [-0.4, -0.2) is 24.1 Å². The van der Waals surface area contributed by atoms with Gasteiger partial charge in [0.15, 0.2) is 17.5 Å². The fourth-order valence-electron chi connectivity index (χ4n) is 9.67. The summed E-state index contributed by atoms with van der Waals surface area (Å²) in [5.41, 5.74) is 13.0. The molecule has 0 saturated heterocycles. The van der Waals surface area contributed by atoms with Crippen LogP contribution in [0.1, 0.15) is 0 Å². The first-order valence-corrected chi connectivity index (χ1v) is 21.2. The van der Waals surface area contributed by atoms with Crippen molar-refractivity contribution >= 4 is 65.6 Å². The van der Waals surface area contributed by atoms with Crippen LogP contribution in [0.4, 0.5) is 0 Å². The molecule has 0 aliphatic heterocycles. The number of rotatable bonds is 6. The number of furan rings is 1. The van der Waals surface area contributed by atoms with Crippen LogP contribution in [0.3, 0.4) is 0 Å². The van der Waals surface area contributed by atoms with E-state index in [-0.39, 0.29) is 0 Å². The molecule has 4 heterocycles. The van der Waals surface area contributed by atoms with Gasteiger partial charge in [-0.25, -0.2) is 15.0 Å². The SMILES string of the molecule is c1ccc(-c2nc(-c3ccccc3-n3c4ccccc4c4ccc5c6ccccc6n(-c6ccccc6)c5c43)nc(-c3cccc4oc5c(-c6ccccc6)cccc5c34)n2)cc1. The molecule has 13 rings (SSSR count). The number of para-hydroxylation sites is 5. The van der Waals surface area contributed by atoms with Gasteiger partial charge in [-0.2, -0.15) is 0 Å². The second-order valence-corrected chi connectivity index (χ2v) is 15.9. The zero-order valence-electron chi connectivity index (χ0n) is 33.9. The molecule has 4 aromatic heterocycles. The minimum Gasteiger partial charge on any atom is -0.455 e. The molecule has 0 aliphatic carbocycles. The summed E-state index contributed by atoms with van der Waals surface area (Å²) >= 11 is 0. The second-order valence-electron chi connectivity index (χ2n) is 15.9. The van der Waals surface area contributed by atoms with Gasteiger partial charge in [-0.15, -0.1) is 0 Å². The van der Waals surface area contributed by atoms with Crippen molar-refractivity contribution in [1.82, 2.24) is 24.1 Å². The molecule has 0 saturated carbocycles. The lowest BCUT2D eigenvalue weighted by molar-refractivity contribution is 0.670. The first kappa shape index (κ1) is 35.2. The topological polar surface area (TPSA) is 61.7 Å². The highest BCUT2D eigenvalue weighted by atomic mass is 16.3. The summed E-state index contributed by atoms with van der Waals surface area (Å²) in [6.45, 7) is 0. The van der Waals surface area contributed by atoms with Crippen molar-refractivity contribution in [3.63, 3.8) is 0 Å². The fraction of sp³-hybridized carbons (Fsp3) is 0. The van der Waals surface area contributed by atoms with Crippen LogP contribution in [-0.2, 0) is 0 Å². The molecule has 294 valence electrons. The van der Waals surface area contributed by atoms with Gasteiger partial charge in [-0.1, -0.05) is 170 Å². The van der Waals surface area contributed by atoms with Gasteiger partial charge >= 0.3 is 0 Å². The van der Waals surface area contributed by atoms with Crippen molar-refractivity contribution < 1.29 is 4.42 Å². The molecule has 0 aliphatic rings. The predicted octanol–water partition coefficient (Wildman–Crippen LogP) is 14.6. The molecule has 0 N–H and O–H groups in total. The van der Waals surface area contributed by atoms with Gasteiger partial charge in [0.1, 0.15) is 11.2 Å². The Kier molecular flexibility index (Phi) is 7.80. The highest BCUT2D eigenvalue weighted by Crippen LogP contribution is 2.44. The van der Waals surface area contributed by atoms with Crippen LogP contribution in [0.5, 0.6) is 0 Å². The van der Waals surface area contributed by atoms with E-state index < -0.39 is 0 Å². The van der Waals surface area contributed by atoms with Gasteiger partial charge in [-0.3, -0.25) is 0 Å². The van der Waals surface area contributed by atoms with Gasteiger partial charge in [-0.05, 0) is 48.0 Å². The van der Waals surface area contributed by atoms with Gasteiger partial charge in [0, 0.05) is 60.3 Å². The average Bonchev–Trinajstić information content (AvgIpc) is 4.03. The number of fused-ring (bicyclic) bond motifs is 10. The average molecular weight is 806 g/mol. The van der Waals surface area contributed by atoms with E-state index in [1.54, 1.807) is 0 Å². The van der Waals surface area contributed by atoms with Crippen LogP contribution in [0, 0.1) is 0 Å². The molecule has 6 heteroatoms. The Morgan fingerprint density at radius 2 is 0.841 bits per heavy atom. The van der Waals surface area contributed by atoms with E-state index in [1.807, 2.05) is 36.4 Å². The van der Waals surface area contributed by atoms with E-state index in [1.165, 1.54) is 21.5 Å². The molecule has 0 amide bonds. The van der Waals surface area contributed by atoms with Crippen molar-refractivity contribution in [2.75, 3.05) is 0 Å². The Hall–Kier alpha value is -8.61. The number of hydrogen-bond acceptors (Lipinski definition) is 4. The van der Waals surface area contributed by atoms with Gasteiger partial charge < -0.3 is 13.6 Å². The summed E-state index contributed by atoms with van der Waals surface area (Å²) in [4.78, 5) is 16.0. The summed E-state index contributed by atoms with van der Waals surface area (Å²) < 4.78 is 11.5. The van der Waals surface area contributed by atoms with Gasteiger partial charge in [0.05, 0.1) is 27.8 Å². The zero-order valence-corrected chi connectivity index (χ0v) is 33.9. The van der Waals surface area contributed by atoms with E-state index in [0.29, 0.717) is 17.5 Å². The van der Waals surface area contributed by atoms with E-state index in [4.69, 9.17) is 19.4 Å². The molecule has 9 aromatic carbocycles. The molecular formula is C57H35N5O. The van der Waals surface area contributed by atoms with Crippen LogP contribution in [0.2, 0.25) is 0 Å². The minimum absolute atomic E-state index is 0.570. The van der Waals surface area contributed by atoms with Crippen LogP contribution >= 0.6 is 0 Å². The molecule has 63 heavy (non-hydrogen) atoms. The lowest BCUT2D eigenvalue weighted by atomic mass is 10.0. The maximum Gasteiger partial charge on any atom is 0.166 e. The highest BCUT2D eigenvalue weighted by Gasteiger charge is 2.25. The standard InChI is InChI=1S/C57H35N5O/c1-4-18-36(19-5-1)39-27-16-28-45-51-46(29-17-33-50(51)63-54(39)45)57-59-55(37-20-6-2-7-21-37)58-56(60-57)44-26-12-15-32-49(44)62-48-31-14-11-25-41(48)43-35-34-42-40-24-10-13-30-47(40)61(52(42)53(43)62)38-22-8-3-9-23-38/h1-35H. The van der Waals surface area contributed by atoms with E-state index >= 15 is 0 Å². The zero-order chi connectivity index (χ0) is 41.4. The first-order valence-electron chi connectivity index (χ1n) is 21.2. The smallest absolute Gasteiger partial charge is 0.166 e. The Bertz CT molecular complexity index is 3900. The summed E-state index contributed by atoms with van der Waals surface area (Å²) in [5, 5.41) is 6.70. The van der Waals surface area contributed by atoms with E-state index in [9.17, 15) is 0 Å². The molecule has 0 unspecified atom stereocenters. The molecule has 13 aromatic rings. The molecule has 0 atom stereocenters. The number of nitrogens with zero attached hydrogens (tertiary/aromatic N) is 5. The number of benzene rings is 9. The third-order valence-electron chi connectivity index (χ3n) is 12.4. The van der Waals surface area contributed by atoms with Crippen molar-refractivity contribution in [3.8, 4) is 56.7 Å². The number of hydrogen-bond donors (Lipinski definition) is 0. The largest absolute Gasteiger partial charge is 0.455 e. The lowest BCUT2D eigenvalue weighted by Crippen LogP contribution is -2.04. The minimum atomic E-state index is 0.570. The van der Waals surface area contributed by atoms with Gasteiger partial charge in [0.25, 0.3) is 0 Å². The molecular weight excluding hydrogens is 771 g/mol. The summed E-state index contributed by atoms with van der Waals surface area (Å²) in [6.07, 6.45) is 0. The normalized spacial score (nSPS) is 11.8. The van der Waals surface area contributed by atoms with Crippen molar-refractivity contribution in [1.29, 1.82) is 0 Å². The van der Waals surface area contributed by atoms with Gasteiger partial charge in [0.2, 0.25) is 0 Å². The van der Waals surface area contributed by atoms with Crippen molar-refractivity contribution in [3.05, 3.63) is 212 Å². The maximum atomic E-state index is 6.70. The highest BCUT2D eigenvalue weighted by molar-refractivity contribution is 6.24. The van der Waals surface area contributed by atoms with Crippen LogP contribution in [0.15, 0.2) is 217 Å². The maximum absolute atomic E-state index is 6.70. The molecule has 0 radical (unpaired) electrons. The third-order valence-corrected chi connectivity index (χ3v) is 12.4. The van der Waals surface area contributed by atoms with E-state index in [0.717, 1.165) is 83.2 Å². The predicted molar refractivity (Wildman–Crippen MR) is 258 cm³/mol. The van der Waals surface area contributed by atoms with Crippen LogP contribution in [0.25, 0.3) is 122 Å². The molecule has 0 fully saturated rings. The molecule has 6 nitrogen and oxygen atoms in total. The monoisotopic (exact) mass is 805 g/mol. The first-order chi connectivity index (χ1) is 31.3. The van der Waals surface area contributed by atoms with E-state index in [2.05, 4.69) is 185 Å². The van der Waals surface area contributed by atoms with Crippen molar-refractivity contribution in [2.24, 2.45) is 0 Å². The number of aromatic nitrogens is 5. The summed E-state index contributed by atoms with van der Waals surface area (Å²) in [7, 11) is 0.